The van der Waals surface area contributed by atoms with Crippen molar-refractivity contribution >= 4 is 5.78 Å². The van der Waals surface area contributed by atoms with E-state index in [0.717, 1.165) is 0 Å². The van der Waals surface area contributed by atoms with Crippen LogP contribution in [0.3, 0.4) is 0 Å². The molecule has 0 bridgehead atoms. The minimum atomic E-state index is -0.220. The summed E-state index contributed by atoms with van der Waals surface area (Å²) in [6.07, 6.45) is 4.34. The molecule has 0 aliphatic heterocycles. The number of nitriles is 1. The summed E-state index contributed by atoms with van der Waals surface area (Å²) in [7, 11) is 0. The van der Waals surface area contributed by atoms with E-state index in [0.29, 0.717) is 5.57 Å². The van der Waals surface area contributed by atoms with E-state index < -0.39 is 0 Å². The van der Waals surface area contributed by atoms with Gasteiger partial charge < -0.3 is 0 Å². The quantitative estimate of drug-likeness (QED) is 0.547. The topological polar surface area (TPSA) is 40.9 Å². The second-order valence-electron chi connectivity index (χ2n) is 1.82. The molecule has 0 aliphatic carbocycles. The van der Waals surface area contributed by atoms with Crippen LogP contribution in [0.25, 0.3) is 0 Å². The van der Waals surface area contributed by atoms with Crippen molar-refractivity contribution in [3.8, 4) is 6.07 Å². The smallest absolute Gasteiger partial charge is 0.176 e. The van der Waals surface area contributed by atoms with E-state index in [9.17, 15) is 4.79 Å². The average Bonchev–Trinajstić information content (AvgIpc) is 2.00. The van der Waals surface area contributed by atoms with Gasteiger partial charge in [0, 0.05) is 36.7 Å². The van der Waals surface area contributed by atoms with Gasteiger partial charge in [-0.1, -0.05) is 31.4 Å². The molecule has 0 aromatic rings. The monoisotopic (exact) mass is 385 g/mol. The predicted octanol–water partition coefficient (Wildman–Crippen LogP) is 1.77. The zero-order valence-electron chi connectivity index (χ0n) is 6.71. The average molecular weight is 385 g/mol. The number of allylic oxidation sites excluding steroid dienone is 4. The number of carbonyl (C=O) groups excluding carboxylic acids is 1. The van der Waals surface area contributed by atoms with Crippen molar-refractivity contribution in [2.24, 2.45) is 0 Å². The van der Waals surface area contributed by atoms with Crippen LogP contribution in [0.5, 0.6) is 0 Å². The van der Waals surface area contributed by atoms with Crippen LogP contribution in [-0.4, -0.2) is 5.78 Å². The SMILES string of the molecule is C=C/C=C(\C=C)C(=O)CC#N.[U]. The molecule has 0 unspecified atom stereocenters. The molecule has 0 radical (unpaired) electrons. The fourth-order valence-corrected chi connectivity index (χ4v) is 0.576. The van der Waals surface area contributed by atoms with Gasteiger partial charge in [0.2, 0.25) is 0 Å². The summed E-state index contributed by atoms with van der Waals surface area (Å²) in [5.74, 6) is -0.220. The molecular weight excluding hydrogens is 376 g/mol. The zero-order valence-corrected chi connectivity index (χ0v) is 10.9. The summed E-state index contributed by atoms with van der Waals surface area (Å²) < 4.78 is 0. The van der Waals surface area contributed by atoms with Crippen molar-refractivity contribution in [1.29, 1.82) is 5.26 Å². The first-order chi connectivity index (χ1) is 5.26. The van der Waals surface area contributed by atoms with Gasteiger partial charge in [-0.05, 0) is 0 Å². The van der Waals surface area contributed by atoms with E-state index in [2.05, 4.69) is 13.2 Å². The Kier molecular flexibility index (Phi) is 9.94. The normalized spacial score (nSPS) is 9.08. The van der Waals surface area contributed by atoms with Crippen LogP contribution < -0.4 is 0 Å². The number of rotatable bonds is 4. The van der Waals surface area contributed by atoms with E-state index >= 15 is 0 Å². The van der Waals surface area contributed by atoms with Crippen molar-refractivity contribution in [2.45, 2.75) is 6.42 Å². The number of carbonyl (C=O) groups is 1. The molecule has 0 heterocycles. The third-order valence-corrected chi connectivity index (χ3v) is 1.08. The first kappa shape index (κ1) is 14.0. The Hall–Kier alpha value is -0.568. The third-order valence-electron chi connectivity index (χ3n) is 1.08. The van der Waals surface area contributed by atoms with Crippen molar-refractivity contribution in [3.05, 3.63) is 37.0 Å². The molecule has 0 aliphatic rings. The predicted molar refractivity (Wildman–Crippen MR) is 43.7 cm³/mol. The van der Waals surface area contributed by atoms with E-state index in [-0.39, 0.29) is 43.3 Å². The van der Waals surface area contributed by atoms with E-state index in [4.69, 9.17) is 5.26 Å². The van der Waals surface area contributed by atoms with Gasteiger partial charge in [-0.15, -0.1) is 0 Å². The molecule has 0 N–H and O–H groups in total. The molecule has 0 atom stereocenters. The summed E-state index contributed by atoms with van der Waals surface area (Å²) in [6, 6.07) is 1.77. The van der Waals surface area contributed by atoms with Crippen molar-refractivity contribution < 1.29 is 35.9 Å². The molecule has 0 amide bonds. The van der Waals surface area contributed by atoms with Gasteiger partial charge in [-0.2, -0.15) is 5.26 Å². The summed E-state index contributed by atoms with van der Waals surface area (Å²) in [6.45, 7) is 6.87. The molecule has 0 aromatic carbocycles. The van der Waals surface area contributed by atoms with Crippen molar-refractivity contribution in [3.63, 3.8) is 0 Å². The first-order valence-corrected chi connectivity index (χ1v) is 3.11. The molecule has 0 aromatic heterocycles. The Morgan fingerprint density at radius 3 is 2.42 bits per heavy atom. The van der Waals surface area contributed by atoms with E-state index in [1.807, 2.05) is 0 Å². The minimum Gasteiger partial charge on any atom is -0.293 e. The van der Waals surface area contributed by atoms with Gasteiger partial charge in [0.15, 0.2) is 5.78 Å². The van der Waals surface area contributed by atoms with E-state index in [1.165, 1.54) is 18.2 Å². The van der Waals surface area contributed by atoms with Gasteiger partial charge in [0.1, 0.15) is 0 Å². The summed E-state index contributed by atoms with van der Waals surface area (Å²) >= 11 is 0. The Balaban J connectivity index is 0. The van der Waals surface area contributed by atoms with Crippen LogP contribution in [-0.2, 0) is 4.79 Å². The Labute approximate surface area is 96.0 Å². The second kappa shape index (κ2) is 8.53. The summed E-state index contributed by atoms with van der Waals surface area (Å²) in [5.41, 5.74) is 0.432. The maximum absolute atomic E-state index is 11.0. The van der Waals surface area contributed by atoms with Crippen LogP contribution in [0.2, 0.25) is 0 Å². The first-order valence-electron chi connectivity index (χ1n) is 3.11. The summed E-state index contributed by atoms with van der Waals surface area (Å²) in [5, 5.41) is 8.19. The maximum Gasteiger partial charge on any atom is 0.176 e. The van der Waals surface area contributed by atoms with Crippen LogP contribution in [0.4, 0.5) is 0 Å². The molecular formula is C9H9NOU. The van der Waals surface area contributed by atoms with Gasteiger partial charge in [-0.25, -0.2) is 0 Å². The molecule has 0 spiro atoms. The van der Waals surface area contributed by atoms with Crippen molar-refractivity contribution in [2.75, 3.05) is 0 Å². The zero-order chi connectivity index (χ0) is 8.69. The Morgan fingerprint density at radius 1 is 1.50 bits per heavy atom. The maximum atomic E-state index is 11.0. The number of Topliss-reactive ketones (excluding diaryl/α,β-unsaturated/α-hetero) is 1. The second-order valence-corrected chi connectivity index (χ2v) is 1.82. The molecule has 0 fully saturated rings. The molecule has 0 saturated carbocycles. The summed E-state index contributed by atoms with van der Waals surface area (Å²) in [4.78, 5) is 11.0. The van der Waals surface area contributed by atoms with Crippen LogP contribution in [0.15, 0.2) is 37.0 Å². The number of hydrogen-bond acceptors (Lipinski definition) is 2. The fraction of sp³-hybridized carbons (Fsp3) is 0.111. The molecule has 0 saturated heterocycles. The molecule has 0 rings (SSSR count). The third kappa shape index (κ3) is 5.13. The van der Waals surface area contributed by atoms with Gasteiger partial charge >= 0.3 is 0 Å². The molecule has 60 valence electrons. The fourth-order valence-electron chi connectivity index (χ4n) is 0.576. The van der Waals surface area contributed by atoms with Crippen LogP contribution in [0, 0.1) is 42.4 Å². The largest absolute Gasteiger partial charge is 0.293 e. The van der Waals surface area contributed by atoms with Gasteiger partial charge in [-0.3, -0.25) is 4.79 Å². The molecule has 12 heavy (non-hydrogen) atoms. The number of nitrogens with zero attached hydrogens (tertiary/aromatic N) is 1. The van der Waals surface area contributed by atoms with Gasteiger partial charge in [0.25, 0.3) is 0 Å². The molecule has 2 nitrogen and oxygen atoms in total. The van der Waals surface area contributed by atoms with Crippen LogP contribution in [0.1, 0.15) is 6.42 Å². The van der Waals surface area contributed by atoms with Crippen LogP contribution >= 0.6 is 0 Å². The van der Waals surface area contributed by atoms with Gasteiger partial charge in [0.05, 0.1) is 12.5 Å². The minimum absolute atomic E-state index is 0. The Bertz CT molecular complexity index is 248. The Morgan fingerprint density at radius 2 is 2.08 bits per heavy atom. The number of hydrogen-bond donors (Lipinski definition) is 0. The molecule has 3 heteroatoms. The van der Waals surface area contributed by atoms with Crippen molar-refractivity contribution in [1.82, 2.24) is 0 Å². The number of ketones is 1. The van der Waals surface area contributed by atoms with E-state index in [1.54, 1.807) is 6.07 Å². The standard InChI is InChI=1S/C9H9NO.U/c1-3-5-8(4-2)9(11)6-7-10;/h3-5H,1-2,6H2;/b8-5+;.